The molecule has 9 nitrogen and oxygen atoms in total. The lowest BCUT2D eigenvalue weighted by atomic mass is 10.0. The van der Waals surface area contributed by atoms with Gasteiger partial charge in [-0.25, -0.2) is 4.98 Å². The van der Waals surface area contributed by atoms with Crippen LogP contribution in [0.25, 0.3) is 10.9 Å². The molecule has 0 radical (unpaired) electrons. The molecule has 3 heterocycles. The fourth-order valence-electron chi connectivity index (χ4n) is 4.20. The van der Waals surface area contributed by atoms with Crippen molar-refractivity contribution >= 4 is 39.1 Å². The number of anilines is 2. The largest absolute Gasteiger partial charge is 0.493 e. The number of para-hydroxylation sites is 1. The summed E-state index contributed by atoms with van der Waals surface area (Å²) in [6.45, 7) is 2.92. The number of carbonyl (C=O) groups is 1. The Morgan fingerprint density at radius 3 is 2.58 bits per heavy atom. The Balaban J connectivity index is 1.26. The Labute approximate surface area is 210 Å². The average Bonchev–Trinajstić information content (AvgIpc) is 2.86. The van der Waals surface area contributed by atoms with Crippen LogP contribution in [0.3, 0.4) is 0 Å². The molecule has 1 fully saturated rings. The second kappa shape index (κ2) is 9.65. The quantitative estimate of drug-likeness (QED) is 0.276. The number of likely N-dealkylation sites (tertiary alicyclic amines) is 1. The maximum Gasteiger partial charge on any atom is 0.254 e. The number of pyridine rings is 2. The Bertz CT molecular complexity index is 1420. The first kappa shape index (κ1) is 23.9. The Kier molecular flexibility index (Phi) is 6.40. The number of benzene rings is 2. The van der Waals surface area contributed by atoms with Crippen LogP contribution in [0, 0.1) is 6.92 Å². The third-order valence-electron chi connectivity index (χ3n) is 6.13. The second-order valence-corrected chi connectivity index (χ2v) is 10.4. The molecule has 1 saturated heterocycles. The lowest BCUT2D eigenvalue weighted by molar-refractivity contribution is 0.0624. The Morgan fingerprint density at radius 2 is 1.81 bits per heavy atom. The monoisotopic (exact) mass is 505 g/mol. The molecule has 0 atom stereocenters. The summed E-state index contributed by atoms with van der Waals surface area (Å²) < 4.78 is 30.1. The van der Waals surface area contributed by atoms with Gasteiger partial charge in [0.1, 0.15) is 4.90 Å². The average molecular weight is 506 g/mol. The first-order chi connectivity index (χ1) is 17.4. The van der Waals surface area contributed by atoms with Crippen LogP contribution in [-0.4, -0.2) is 56.1 Å². The summed E-state index contributed by atoms with van der Waals surface area (Å²) in [5.41, 5.74) is 2.32. The Morgan fingerprint density at radius 1 is 1.06 bits per heavy atom. The van der Waals surface area contributed by atoms with Crippen LogP contribution in [0.5, 0.6) is 5.75 Å². The van der Waals surface area contributed by atoms with Gasteiger partial charge < -0.3 is 15.0 Å². The van der Waals surface area contributed by atoms with Crippen molar-refractivity contribution in [3.05, 3.63) is 84.2 Å². The van der Waals surface area contributed by atoms with Gasteiger partial charge in [-0.2, -0.15) is 0 Å². The molecule has 36 heavy (non-hydrogen) atoms. The predicted molar refractivity (Wildman–Crippen MR) is 142 cm³/mol. The topological polar surface area (TPSA) is 120 Å². The number of carbonyl (C=O) groups excluding carboxylic acids is 1. The zero-order valence-corrected chi connectivity index (χ0v) is 20.7. The molecule has 0 bridgehead atoms. The van der Waals surface area contributed by atoms with E-state index < -0.39 is 10.8 Å². The minimum Gasteiger partial charge on any atom is -0.493 e. The van der Waals surface area contributed by atoms with Gasteiger partial charge in [0.25, 0.3) is 5.91 Å². The van der Waals surface area contributed by atoms with Crippen LogP contribution >= 0.6 is 10.8 Å². The normalized spacial score (nSPS) is 14.3. The first-order valence-corrected chi connectivity index (χ1v) is 13.0. The van der Waals surface area contributed by atoms with Crippen LogP contribution in [0.2, 0.25) is 0 Å². The van der Waals surface area contributed by atoms with Crippen LogP contribution in [-0.2, 0) is 0 Å². The minimum atomic E-state index is -3.38. The number of aryl methyl sites for hydroxylation is 1. The highest BCUT2D eigenvalue weighted by molar-refractivity contribution is 8.25. The lowest BCUT2D eigenvalue weighted by Crippen LogP contribution is -2.57. The van der Waals surface area contributed by atoms with Crippen molar-refractivity contribution in [2.45, 2.75) is 17.9 Å². The lowest BCUT2D eigenvalue weighted by Gasteiger charge is -2.40. The highest BCUT2D eigenvalue weighted by Crippen LogP contribution is 2.50. The SMILES string of the molecule is COc1cccnc1NC1CN(C(=O)c2ccc(NS(O)(O)c3cccc4cccnc34)c(C)c2)C1. The van der Waals surface area contributed by atoms with Crippen LogP contribution in [0.15, 0.2) is 78.0 Å². The van der Waals surface area contributed by atoms with Crippen LogP contribution in [0.1, 0.15) is 15.9 Å². The molecule has 0 aliphatic carbocycles. The van der Waals surface area contributed by atoms with Gasteiger partial charge >= 0.3 is 0 Å². The molecule has 4 aromatic rings. The van der Waals surface area contributed by atoms with E-state index in [1.54, 1.807) is 66.9 Å². The van der Waals surface area contributed by atoms with Gasteiger partial charge in [0.15, 0.2) is 11.6 Å². The van der Waals surface area contributed by atoms with E-state index in [-0.39, 0.29) is 11.9 Å². The summed E-state index contributed by atoms with van der Waals surface area (Å²) in [5.74, 6) is 1.23. The van der Waals surface area contributed by atoms with Gasteiger partial charge in [-0.15, -0.1) is 0 Å². The van der Waals surface area contributed by atoms with Crippen molar-refractivity contribution in [1.82, 2.24) is 14.9 Å². The standard InChI is InChI=1S/C26H27N5O4S/c1-17-14-19(26(32)31-15-20(16-31)29-25-22(35-2)8-5-13-28-25)10-11-21(17)30-36(33,34)23-9-3-6-18-7-4-12-27-24(18)23/h3-14,20,30,33-34H,15-16H2,1-2H3,(H,28,29). The van der Waals surface area contributed by atoms with Crippen LogP contribution < -0.4 is 14.8 Å². The van der Waals surface area contributed by atoms with E-state index >= 15 is 0 Å². The van der Waals surface area contributed by atoms with E-state index in [4.69, 9.17) is 4.74 Å². The van der Waals surface area contributed by atoms with Gasteiger partial charge in [-0.3, -0.25) is 23.6 Å². The number of nitrogens with one attached hydrogen (secondary N) is 2. The van der Waals surface area contributed by atoms with Gasteiger partial charge in [-0.05, 0) is 55.0 Å². The number of hydrogen-bond acceptors (Lipinski definition) is 8. The van der Waals surface area contributed by atoms with E-state index in [1.165, 1.54) is 0 Å². The van der Waals surface area contributed by atoms with Crippen molar-refractivity contribution < 1.29 is 18.6 Å². The summed E-state index contributed by atoms with van der Waals surface area (Å²) in [6, 6.07) is 17.8. The maximum atomic E-state index is 13.0. The maximum absolute atomic E-state index is 13.0. The van der Waals surface area contributed by atoms with Gasteiger partial charge in [0.2, 0.25) is 0 Å². The third-order valence-corrected chi connectivity index (χ3v) is 7.58. The molecule has 2 aromatic heterocycles. The smallest absolute Gasteiger partial charge is 0.254 e. The third kappa shape index (κ3) is 4.66. The van der Waals surface area contributed by atoms with Crippen molar-refractivity contribution in [2.75, 3.05) is 30.2 Å². The molecule has 0 spiro atoms. The number of fused-ring (bicyclic) bond motifs is 1. The summed E-state index contributed by atoms with van der Waals surface area (Å²) >= 11 is 0. The molecule has 1 aliphatic rings. The number of rotatable bonds is 7. The molecule has 1 aliphatic heterocycles. The molecule has 0 saturated carbocycles. The molecule has 0 unspecified atom stereocenters. The molecule has 2 aromatic carbocycles. The molecular formula is C26H27N5O4S. The molecule has 4 N–H and O–H groups in total. The molecule has 186 valence electrons. The van der Waals surface area contributed by atoms with E-state index in [0.29, 0.717) is 46.3 Å². The molecular weight excluding hydrogens is 478 g/mol. The zero-order valence-electron chi connectivity index (χ0n) is 19.9. The fraction of sp³-hybridized carbons (Fsp3) is 0.192. The van der Waals surface area contributed by atoms with Crippen molar-refractivity contribution in [1.29, 1.82) is 0 Å². The highest BCUT2D eigenvalue weighted by Gasteiger charge is 2.32. The van der Waals surface area contributed by atoms with Crippen LogP contribution in [0.4, 0.5) is 11.5 Å². The van der Waals surface area contributed by atoms with Gasteiger partial charge in [0, 0.05) is 36.4 Å². The van der Waals surface area contributed by atoms with E-state index in [2.05, 4.69) is 20.0 Å². The van der Waals surface area contributed by atoms with E-state index in [1.807, 2.05) is 25.1 Å². The summed E-state index contributed by atoms with van der Waals surface area (Å²) in [7, 11) is -1.79. The number of hydrogen-bond donors (Lipinski definition) is 4. The zero-order chi connectivity index (χ0) is 25.3. The van der Waals surface area contributed by atoms with Crippen molar-refractivity contribution in [2.24, 2.45) is 0 Å². The number of methoxy groups -OCH3 is 1. The fourth-order valence-corrected chi connectivity index (χ4v) is 5.55. The van der Waals surface area contributed by atoms with Gasteiger partial charge in [-0.1, -0.05) is 29.0 Å². The van der Waals surface area contributed by atoms with Gasteiger partial charge in [0.05, 0.1) is 24.4 Å². The number of amides is 1. The molecule has 1 amide bonds. The minimum absolute atomic E-state index is 0.0828. The molecule has 5 rings (SSSR count). The number of ether oxygens (including phenoxy) is 1. The Hall–Kier alpha value is -3.86. The van der Waals surface area contributed by atoms with E-state index in [9.17, 15) is 13.9 Å². The predicted octanol–water partition coefficient (Wildman–Crippen LogP) is 5.02. The second-order valence-electron chi connectivity index (χ2n) is 8.62. The van der Waals surface area contributed by atoms with Crippen molar-refractivity contribution in [3.63, 3.8) is 0 Å². The first-order valence-electron chi connectivity index (χ1n) is 11.4. The number of nitrogens with zero attached hydrogens (tertiary/aromatic N) is 3. The summed E-state index contributed by atoms with van der Waals surface area (Å²) in [5, 5.41) is 4.13. The summed E-state index contributed by atoms with van der Waals surface area (Å²) in [6.07, 6.45) is 3.31. The van der Waals surface area contributed by atoms with E-state index in [0.717, 1.165) is 10.9 Å². The number of aromatic nitrogens is 2. The highest BCUT2D eigenvalue weighted by atomic mass is 32.3. The van der Waals surface area contributed by atoms with Crippen molar-refractivity contribution in [3.8, 4) is 5.75 Å². The summed E-state index contributed by atoms with van der Waals surface area (Å²) in [4.78, 5) is 23.7. The molecule has 10 heteroatoms.